The summed E-state index contributed by atoms with van der Waals surface area (Å²) in [6.45, 7) is 6.07. The number of primary sulfonamides is 1. The first kappa shape index (κ1) is 13.5. The van der Waals surface area contributed by atoms with Gasteiger partial charge in [0, 0.05) is 19.6 Å². The number of hydrogen-bond donors (Lipinski definition) is 1. The second-order valence-corrected chi connectivity index (χ2v) is 6.08. The molecule has 18 heavy (non-hydrogen) atoms. The van der Waals surface area contributed by atoms with Crippen molar-refractivity contribution in [3.8, 4) is 0 Å². The van der Waals surface area contributed by atoms with Gasteiger partial charge in [-0.25, -0.2) is 13.6 Å². The third-order valence-electron chi connectivity index (χ3n) is 3.14. The molecule has 1 heterocycles. The molecule has 100 valence electrons. The Morgan fingerprint density at radius 2 is 2.00 bits per heavy atom. The van der Waals surface area contributed by atoms with E-state index in [2.05, 4.69) is 4.90 Å². The van der Waals surface area contributed by atoms with Gasteiger partial charge in [-0.15, -0.1) is 0 Å². The third-order valence-corrected chi connectivity index (χ3v) is 4.05. The predicted octanol–water partition coefficient (Wildman–Crippen LogP) is 0.475. The number of hydrogen-bond acceptors (Lipinski definition) is 4. The van der Waals surface area contributed by atoms with Crippen LogP contribution in [0, 0.1) is 6.92 Å². The summed E-state index contributed by atoms with van der Waals surface area (Å²) >= 11 is 0. The molecule has 0 aromatic heterocycles. The highest BCUT2D eigenvalue weighted by molar-refractivity contribution is 7.89. The molecular formula is C12H18N2O3S. The van der Waals surface area contributed by atoms with Crippen LogP contribution < -0.4 is 5.14 Å². The average Bonchev–Trinajstić information content (AvgIpc) is 2.32. The van der Waals surface area contributed by atoms with Crippen molar-refractivity contribution in [2.24, 2.45) is 5.14 Å². The fourth-order valence-electron chi connectivity index (χ4n) is 2.02. The molecule has 0 bridgehead atoms. The quantitative estimate of drug-likeness (QED) is 0.867. The van der Waals surface area contributed by atoms with Crippen LogP contribution in [0.4, 0.5) is 0 Å². The molecule has 1 aromatic carbocycles. The van der Waals surface area contributed by atoms with E-state index in [1.54, 1.807) is 12.1 Å². The Kier molecular flexibility index (Phi) is 4.01. The van der Waals surface area contributed by atoms with Crippen LogP contribution >= 0.6 is 0 Å². The Morgan fingerprint density at radius 3 is 2.56 bits per heavy atom. The van der Waals surface area contributed by atoms with Gasteiger partial charge in [-0.1, -0.05) is 6.07 Å². The highest BCUT2D eigenvalue weighted by Crippen LogP contribution is 2.16. The number of ether oxygens (including phenoxy) is 1. The van der Waals surface area contributed by atoms with Crippen LogP contribution in [0.15, 0.2) is 23.1 Å². The highest BCUT2D eigenvalue weighted by Gasteiger charge is 2.14. The van der Waals surface area contributed by atoms with Gasteiger partial charge in [-0.2, -0.15) is 0 Å². The van der Waals surface area contributed by atoms with E-state index in [0.29, 0.717) is 0 Å². The van der Waals surface area contributed by atoms with Gasteiger partial charge in [0.05, 0.1) is 18.1 Å². The van der Waals surface area contributed by atoms with Crippen LogP contribution in [0.25, 0.3) is 0 Å². The molecule has 0 atom stereocenters. The number of aryl methyl sites for hydroxylation is 1. The summed E-state index contributed by atoms with van der Waals surface area (Å²) < 4.78 is 27.8. The molecule has 1 saturated heterocycles. The van der Waals surface area contributed by atoms with E-state index in [4.69, 9.17) is 9.88 Å². The first-order chi connectivity index (χ1) is 8.47. The van der Waals surface area contributed by atoms with Crippen molar-refractivity contribution >= 4 is 10.0 Å². The number of benzene rings is 1. The van der Waals surface area contributed by atoms with E-state index in [1.165, 1.54) is 0 Å². The van der Waals surface area contributed by atoms with Gasteiger partial charge in [0.15, 0.2) is 0 Å². The van der Waals surface area contributed by atoms with Crippen molar-refractivity contribution in [1.82, 2.24) is 4.90 Å². The smallest absolute Gasteiger partial charge is 0.238 e. The first-order valence-corrected chi connectivity index (χ1v) is 7.44. The van der Waals surface area contributed by atoms with Crippen LogP contribution in [0.3, 0.4) is 0 Å². The molecule has 0 saturated carbocycles. The van der Waals surface area contributed by atoms with E-state index in [-0.39, 0.29) is 4.90 Å². The molecule has 1 fully saturated rings. The lowest BCUT2D eigenvalue weighted by Crippen LogP contribution is -2.35. The minimum absolute atomic E-state index is 0.172. The van der Waals surface area contributed by atoms with Gasteiger partial charge in [-0.05, 0) is 30.2 Å². The molecule has 2 rings (SSSR count). The fraction of sp³-hybridized carbons (Fsp3) is 0.500. The second-order valence-electron chi connectivity index (χ2n) is 4.52. The molecule has 0 spiro atoms. The van der Waals surface area contributed by atoms with Crippen molar-refractivity contribution in [1.29, 1.82) is 0 Å². The van der Waals surface area contributed by atoms with Crippen LogP contribution in [-0.4, -0.2) is 39.6 Å². The van der Waals surface area contributed by atoms with Crippen LogP contribution in [0.2, 0.25) is 0 Å². The molecule has 0 amide bonds. The van der Waals surface area contributed by atoms with Crippen molar-refractivity contribution in [3.63, 3.8) is 0 Å². The monoisotopic (exact) mass is 270 g/mol. The minimum Gasteiger partial charge on any atom is -0.379 e. The van der Waals surface area contributed by atoms with Crippen molar-refractivity contribution < 1.29 is 13.2 Å². The Balaban J connectivity index is 2.14. The number of sulfonamides is 1. The summed E-state index contributed by atoms with van der Waals surface area (Å²) in [7, 11) is -3.61. The van der Waals surface area contributed by atoms with E-state index in [1.807, 2.05) is 13.0 Å². The zero-order valence-corrected chi connectivity index (χ0v) is 11.2. The average molecular weight is 270 g/mol. The number of nitrogens with two attached hydrogens (primary N) is 1. The second kappa shape index (κ2) is 5.36. The van der Waals surface area contributed by atoms with Crippen LogP contribution in [0.5, 0.6) is 0 Å². The van der Waals surface area contributed by atoms with Gasteiger partial charge >= 0.3 is 0 Å². The van der Waals surface area contributed by atoms with Gasteiger partial charge in [0.25, 0.3) is 0 Å². The van der Waals surface area contributed by atoms with E-state index in [9.17, 15) is 8.42 Å². The molecule has 0 aliphatic carbocycles. The topological polar surface area (TPSA) is 72.6 Å². The summed E-state index contributed by atoms with van der Waals surface area (Å²) in [5, 5.41) is 5.11. The third kappa shape index (κ3) is 3.29. The summed E-state index contributed by atoms with van der Waals surface area (Å²) in [6, 6.07) is 5.04. The molecule has 0 radical (unpaired) electrons. The zero-order valence-electron chi connectivity index (χ0n) is 10.4. The van der Waals surface area contributed by atoms with Gasteiger partial charge in [-0.3, -0.25) is 4.90 Å². The van der Waals surface area contributed by atoms with Crippen molar-refractivity contribution in [2.75, 3.05) is 26.3 Å². The molecule has 6 heteroatoms. The standard InChI is InChI=1S/C12H18N2O3S/c1-10-8-12(18(13,15)16)3-2-11(10)9-14-4-6-17-7-5-14/h2-3,8H,4-7,9H2,1H3,(H2,13,15,16). The highest BCUT2D eigenvalue weighted by atomic mass is 32.2. The summed E-state index contributed by atoms with van der Waals surface area (Å²) in [4.78, 5) is 2.47. The summed E-state index contributed by atoms with van der Waals surface area (Å²) in [5.74, 6) is 0. The lowest BCUT2D eigenvalue weighted by Gasteiger charge is -2.27. The van der Waals surface area contributed by atoms with Crippen molar-refractivity contribution in [3.05, 3.63) is 29.3 Å². The fourth-order valence-corrected chi connectivity index (χ4v) is 2.62. The molecule has 1 aliphatic rings. The van der Waals surface area contributed by atoms with Crippen LogP contribution in [-0.2, 0) is 21.3 Å². The lowest BCUT2D eigenvalue weighted by molar-refractivity contribution is 0.0341. The predicted molar refractivity (Wildman–Crippen MR) is 68.6 cm³/mol. The largest absolute Gasteiger partial charge is 0.379 e. The Morgan fingerprint density at radius 1 is 1.33 bits per heavy atom. The van der Waals surface area contributed by atoms with Crippen molar-refractivity contribution in [2.45, 2.75) is 18.4 Å². The van der Waals surface area contributed by atoms with Crippen LogP contribution in [0.1, 0.15) is 11.1 Å². The molecule has 1 aromatic rings. The zero-order chi connectivity index (χ0) is 13.2. The maximum Gasteiger partial charge on any atom is 0.238 e. The normalized spacial score (nSPS) is 17.9. The van der Waals surface area contributed by atoms with E-state index >= 15 is 0 Å². The van der Waals surface area contributed by atoms with Gasteiger partial charge in [0.1, 0.15) is 0 Å². The SMILES string of the molecule is Cc1cc(S(N)(=O)=O)ccc1CN1CCOCC1. The Bertz CT molecular complexity index is 522. The van der Waals surface area contributed by atoms with Gasteiger partial charge in [0.2, 0.25) is 10.0 Å². The Hall–Kier alpha value is -0.950. The number of morpholine rings is 1. The molecular weight excluding hydrogens is 252 g/mol. The summed E-state index contributed by atoms with van der Waals surface area (Å²) in [5.41, 5.74) is 2.08. The van der Waals surface area contributed by atoms with E-state index < -0.39 is 10.0 Å². The van der Waals surface area contributed by atoms with Gasteiger partial charge < -0.3 is 4.74 Å². The molecule has 0 unspecified atom stereocenters. The maximum absolute atomic E-state index is 11.2. The molecule has 2 N–H and O–H groups in total. The maximum atomic E-state index is 11.2. The minimum atomic E-state index is -3.61. The lowest BCUT2D eigenvalue weighted by atomic mass is 10.1. The Labute approximate surface area is 108 Å². The number of nitrogens with zero attached hydrogens (tertiary/aromatic N) is 1. The summed E-state index contributed by atoms with van der Waals surface area (Å²) in [6.07, 6.45) is 0. The van der Waals surface area contributed by atoms with E-state index in [0.717, 1.165) is 44.0 Å². The number of rotatable bonds is 3. The molecule has 1 aliphatic heterocycles. The first-order valence-electron chi connectivity index (χ1n) is 5.89. The molecule has 5 nitrogen and oxygen atoms in total.